The first kappa shape index (κ1) is 47.0. The Hall–Kier alpha value is -1.97. The van der Waals surface area contributed by atoms with Crippen LogP contribution in [0, 0.1) is 0 Å². The molecule has 0 aromatic heterocycles. The summed E-state index contributed by atoms with van der Waals surface area (Å²) in [6.07, 6.45) is 28.4. The van der Waals surface area contributed by atoms with E-state index in [0.29, 0.717) is 23.9 Å². The van der Waals surface area contributed by atoms with Crippen LogP contribution in [0.15, 0.2) is 12.2 Å². The van der Waals surface area contributed by atoms with Gasteiger partial charge in [0.15, 0.2) is 12.4 Å². The van der Waals surface area contributed by atoms with Crippen molar-refractivity contribution in [3.63, 3.8) is 0 Å². The number of rotatable bonds is 36. The van der Waals surface area contributed by atoms with E-state index < -0.39 is 24.3 Å². The molecule has 0 fully saturated rings. The molecule has 0 aromatic rings. The molecule has 0 heterocycles. The summed E-state index contributed by atoms with van der Waals surface area (Å²) in [5, 5.41) is 11.6. The highest BCUT2D eigenvalue weighted by molar-refractivity contribution is 5.70. The molecule has 0 aliphatic carbocycles. The average molecular weight is 698 g/mol. The van der Waals surface area contributed by atoms with Gasteiger partial charge in [-0.1, -0.05) is 129 Å². The van der Waals surface area contributed by atoms with Gasteiger partial charge in [-0.05, 0) is 38.5 Å². The maximum atomic E-state index is 12.6. The van der Waals surface area contributed by atoms with Crippen molar-refractivity contribution in [2.75, 3.05) is 47.5 Å². The van der Waals surface area contributed by atoms with Crippen molar-refractivity contribution >= 4 is 17.9 Å². The zero-order valence-corrected chi connectivity index (χ0v) is 32.3. The zero-order chi connectivity index (χ0) is 36.4. The lowest BCUT2D eigenvalue weighted by molar-refractivity contribution is -0.870. The summed E-state index contributed by atoms with van der Waals surface area (Å²) >= 11 is 0. The molecule has 0 bridgehead atoms. The zero-order valence-electron chi connectivity index (χ0n) is 32.3. The van der Waals surface area contributed by atoms with E-state index in [1.54, 1.807) is 0 Å². The Morgan fingerprint density at radius 2 is 1.04 bits per heavy atom. The first-order valence-electron chi connectivity index (χ1n) is 19.8. The average Bonchev–Trinajstić information content (AvgIpc) is 3.05. The Morgan fingerprint density at radius 1 is 0.592 bits per heavy atom. The van der Waals surface area contributed by atoms with E-state index in [-0.39, 0.29) is 32.2 Å². The van der Waals surface area contributed by atoms with Gasteiger partial charge >= 0.3 is 11.9 Å². The summed E-state index contributed by atoms with van der Waals surface area (Å²) < 4.78 is 22.3. The van der Waals surface area contributed by atoms with Crippen LogP contribution >= 0.6 is 0 Å². The lowest BCUT2D eigenvalue weighted by Crippen LogP contribution is -2.44. The second-order valence-corrected chi connectivity index (χ2v) is 14.6. The fourth-order valence-corrected chi connectivity index (χ4v) is 5.35. The Kier molecular flexibility index (Phi) is 31.9. The third-order valence-electron chi connectivity index (χ3n) is 8.51. The largest absolute Gasteiger partial charge is 0.545 e. The number of quaternary nitrogens is 1. The van der Waals surface area contributed by atoms with E-state index in [1.165, 1.54) is 83.5 Å². The van der Waals surface area contributed by atoms with Gasteiger partial charge in [0.05, 0.1) is 40.3 Å². The molecule has 0 amide bonds. The number of esters is 2. The monoisotopic (exact) mass is 698 g/mol. The molecule has 0 spiro atoms. The molecule has 0 saturated heterocycles. The molecule has 2 atom stereocenters. The Bertz CT molecular complexity index is 826. The number of hydrogen-bond donors (Lipinski definition) is 0. The van der Waals surface area contributed by atoms with Crippen molar-refractivity contribution in [3.8, 4) is 0 Å². The van der Waals surface area contributed by atoms with Crippen molar-refractivity contribution in [1.29, 1.82) is 0 Å². The van der Waals surface area contributed by atoms with E-state index in [4.69, 9.17) is 18.9 Å². The normalized spacial score (nSPS) is 13.1. The number of allylic oxidation sites excluding steroid dienone is 2. The summed E-state index contributed by atoms with van der Waals surface area (Å²) in [6.45, 7) is 4.66. The predicted molar refractivity (Wildman–Crippen MR) is 196 cm³/mol. The van der Waals surface area contributed by atoms with Crippen LogP contribution in [0.5, 0.6) is 0 Å². The first-order chi connectivity index (χ1) is 23.6. The molecule has 49 heavy (non-hydrogen) atoms. The Morgan fingerprint density at radius 3 is 1.51 bits per heavy atom. The van der Waals surface area contributed by atoms with Crippen molar-refractivity contribution in [2.24, 2.45) is 0 Å². The van der Waals surface area contributed by atoms with Gasteiger partial charge in [-0.15, -0.1) is 0 Å². The Labute approximate surface area is 300 Å². The highest BCUT2D eigenvalue weighted by Crippen LogP contribution is 2.13. The third kappa shape index (κ3) is 34.3. The minimum atomic E-state index is -1.61. The van der Waals surface area contributed by atoms with Gasteiger partial charge in [-0.3, -0.25) is 9.59 Å². The van der Waals surface area contributed by atoms with Gasteiger partial charge in [0.2, 0.25) is 0 Å². The summed E-state index contributed by atoms with van der Waals surface area (Å²) in [6, 6.07) is 0. The number of nitrogens with zero attached hydrogens (tertiary/aromatic N) is 1. The smallest absolute Gasteiger partial charge is 0.306 e. The van der Waals surface area contributed by atoms with Gasteiger partial charge in [0, 0.05) is 12.8 Å². The molecular formula is C40H75NO8. The lowest BCUT2D eigenvalue weighted by atomic mass is 10.1. The minimum Gasteiger partial charge on any atom is -0.545 e. The van der Waals surface area contributed by atoms with Gasteiger partial charge in [-0.25, -0.2) is 0 Å². The first-order valence-corrected chi connectivity index (χ1v) is 19.8. The van der Waals surface area contributed by atoms with E-state index in [1.807, 2.05) is 21.1 Å². The van der Waals surface area contributed by atoms with Crippen molar-refractivity contribution in [1.82, 2.24) is 0 Å². The second kappa shape index (κ2) is 33.2. The van der Waals surface area contributed by atoms with Gasteiger partial charge in [0.1, 0.15) is 13.2 Å². The van der Waals surface area contributed by atoms with E-state index in [0.717, 1.165) is 51.4 Å². The maximum Gasteiger partial charge on any atom is 0.306 e. The number of carbonyl (C=O) groups is 3. The number of aliphatic carboxylic acids is 1. The standard InChI is InChI=1S/C40H75NO8/c1-6-8-10-12-14-15-16-17-18-19-20-21-22-23-24-25-27-29-31-38(43)49-36(34-47-37(42)30-28-26-13-11-9-7-2)35-48-40(39(44)45)46-33-32-41(3,4)5/h18-19,36,40H,6-17,20-35H2,1-5H3/b19-18-. The van der Waals surface area contributed by atoms with Crippen LogP contribution in [0.25, 0.3) is 0 Å². The molecule has 9 heteroatoms. The van der Waals surface area contributed by atoms with Crippen molar-refractivity contribution in [2.45, 2.75) is 180 Å². The van der Waals surface area contributed by atoms with Crippen LogP contribution in [0.2, 0.25) is 0 Å². The summed E-state index contributed by atoms with van der Waals surface area (Å²) in [5.41, 5.74) is 0. The highest BCUT2D eigenvalue weighted by Gasteiger charge is 2.21. The molecule has 0 saturated carbocycles. The number of carbonyl (C=O) groups excluding carboxylic acids is 3. The molecule has 0 aliphatic heterocycles. The molecule has 0 aliphatic rings. The minimum absolute atomic E-state index is 0.149. The van der Waals surface area contributed by atoms with Crippen LogP contribution in [0.1, 0.15) is 168 Å². The molecule has 0 aromatic carbocycles. The summed E-state index contributed by atoms with van der Waals surface area (Å²) in [5.74, 6) is -2.30. The summed E-state index contributed by atoms with van der Waals surface area (Å²) in [7, 11) is 5.89. The van der Waals surface area contributed by atoms with Gasteiger partial charge < -0.3 is 33.3 Å². The SMILES string of the molecule is CCCCCCCCC/C=C\CCCCCCCCCC(=O)OC(COC(=O)CCCCCCCC)COC(OCC[N+](C)(C)C)C(=O)[O-]. The maximum absolute atomic E-state index is 12.6. The van der Waals surface area contributed by atoms with Crippen molar-refractivity contribution in [3.05, 3.63) is 12.2 Å². The quantitative estimate of drug-likeness (QED) is 0.0212. The molecular weight excluding hydrogens is 622 g/mol. The lowest BCUT2D eigenvalue weighted by Gasteiger charge is -2.26. The molecule has 2 unspecified atom stereocenters. The van der Waals surface area contributed by atoms with Crippen molar-refractivity contribution < 1.29 is 42.9 Å². The topological polar surface area (TPSA) is 111 Å². The summed E-state index contributed by atoms with van der Waals surface area (Å²) in [4.78, 5) is 36.6. The van der Waals surface area contributed by atoms with Crippen LogP contribution in [0.3, 0.4) is 0 Å². The predicted octanol–water partition coefficient (Wildman–Crippen LogP) is 8.22. The van der Waals surface area contributed by atoms with Crippen LogP contribution < -0.4 is 5.11 Å². The van der Waals surface area contributed by atoms with E-state index >= 15 is 0 Å². The van der Waals surface area contributed by atoms with Gasteiger partial charge in [0.25, 0.3) is 0 Å². The number of likely N-dealkylation sites (N-methyl/N-ethyl adjacent to an activating group) is 1. The number of ether oxygens (including phenoxy) is 4. The van der Waals surface area contributed by atoms with Gasteiger partial charge in [-0.2, -0.15) is 0 Å². The highest BCUT2D eigenvalue weighted by atomic mass is 16.7. The van der Waals surface area contributed by atoms with Crippen LogP contribution in [-0.2, 0) is 33.3 Å². The molecule has 0 radical (unpaired) electrons. The van der Waals surface area contributed by atoms with E-state index in [2.05, 4.69) is 26.0 Å². The Balaban J connectivity index is 4.37. The van der Waals surface area contributed by atoms with Crippen LogP contribution in [-0.4, -0.2) is 82.3 Å². The second-order valence-electron chi connectivity index (χ2n) is 14.6. The molecule has 9 nitrogen and oxygen atoms in total. The number of hydrogen-bond acceptors (Lipinski definition) is 8. The van der Waals surface area contributed by atoms with Crippen LogP contribution in [0.4, 0.5) is 0 Å². The fourth-order valence-electron chi connectivity index (χ4n) is 5.35. The molecule has 0 rings (SSSR count). The number of carboxylic acid groups (broad SMARTS) is 1. The molecule has 288 valence electrons. The molecule has 0 N–H and O–H groups in total. The number of unbranched alkanes of at least 4 members (excludes halogenated alkanes) is 19. The third-order valence-corrected chi connectivity index (χ3v) is 8.51. The van der Waals surface area contributed by atoms with E-state index in [9.17, 15) is 19.5 Å². The number of carboxylic acids is 1. The fraction of sp³-hybridized carbons (Fsp3) is 0.875.